The van der Waals surface area contributed by atoms with Gasteiger partial charge in [-0.2, -0.15) is 0 Å². The van der Waals surface area contributed by atoms with Gasteiger partial charge in [-0.25, -0.2) is 0 Å². The molecule has 1 atom stereocenters. The van der Waals surface area contributed by atoms with Crippen molar-refractivity contribution in [3.63, 3.8) is 0 Å². The summed E-state index contributed by atoms with van der Waals surface area (Å²) in [4.78, 5) is 19.0. The van der Waals surface area contributed by atoms with Gasteiger partial charge < -0.3 is 20.3 Å². The van der Waals surface area contributed by atoms with Crippen LogP contribution in [0.4, 0.5) is 5.69 Å². The van der Waals surface area contributed by atoms with Crippen LogP contribution < -0.4 is 10.6 Å². The molecule has 0 saturated carbocycles. The Labute approximate surface area is 207 Å². The van der Waals surface area contributed by atoms with E-state index >= 15 is 0 Å². The highest BCUT2D eigenvalue weighted by Crippen LogP contribution is 2.22. The molecule has 1 amide bonds. The first-order valence-electron chi connectivity index (χ1n) is 10.9. The van der Waals surface area contributed by atoms with Crippen LogP contribution in [-0.2, 0) is 16.1 Å². The number of rotatable bonds is 5. The minimum absolute atomic E-state index is 0. The van der Waals surface area contributed by atoms with Gasteiger partial charge in [0, 0.05) is 39.0 Å². The summed E-state index contributed by atoms with van der Waals surface area (Å²) in [6, 6.07) is 18.5. The highest BCUT2D eigenvalue weighted by molar-refractivity contribution is 14.0. The zero-order chi connectivity index (χ0) is 21.5. The maximum atomic E-state index is 12.3. The molecule has 2 heterocycles. The molecule has 170 valence electrons. The van der Waals surface area contributed by atoms with Gasteiger partial charge in [-0.3, -0.25) is 9.79 Å². The van der Waals surface area contributed by atoms with Crippen molar-refractivity contribution >= 4 is 47.1 Å². The van der Waals surface area contributed by atoms with Gasteiger partial charge in [-0.05, 0) is 48.1 Å². The predicted molar refractivity (Wildman–Crippen MR) is 140 cm³/mol. The molecule has 32 heavy (non-hydrogen) atoms. The Morgan fingerprint density at radius 2 is 2.03 bits per heavy atom. The van der Waals surface area contributed by atoms with Gasteiger partial charge in [0.15, 0.2) is 5.96 Å². The number of carbonyl (C=O) groups is 1. The van der Waals surface area contributed by atoms with Gasteiger partial charge in [0.2, 0.25) is 0 Å². The van der Waals surface area contributed by atoms with Crippen molar-refractivity contribution in [2.75, 3.05) is 32.1 Å². The van der Waals surface area contributed by atoms with Crippen molar-refractivity contribution in [2.45, 2.75) is 31.9 Å². The molecule has 7 heteroatoms. The number of carbonyl (C=O) groups excluding carboxylic acids is 1. The van der Waals surface area contributed by atoms with Crippen LogP contribution in [-0.4, -0.2) is 49.6 Å². The fourth-order valence-corrected chi connectivity index (χ4v) is 4.06. The summed E-state index contributed by atoms with van der Waals surface area (Å²) in [7, 11) is 1.82. The molecule has 0 radical (unpaired) electrons. The molecule has 2 aliphatic heterocycles. The normalized spacial score (nSPS) is 18.5. The molecule has 1 fully saturated rings. The minimum atomic E-state index is -0.325. The number of hydrogen-bond donors (Lipinski definition) is 2. The Hall–Kier alpha value is -2.39. The number of nitrogens with zero attached hydrogens (tertiary/aromatic N) is 2. The smallest absolute Gasteiger partial charge is 0.253 e. The molecule has 0 spiro atoms. The Morgan fingerprint density at radius 1 is 1.19 bits per heavy atom. The number of halogens is 1. The van der Waals surface area contributed by atoms with Crippen molar-refractivity contribution in [3.8, 4) is 0 Å². The summed E-state index contributed by atoms with van der Waals surface area (Å²) < 4.78 is 5.46. The third-order valence-electron chi connectivity index (χ3n) is 5.73. The van der Waals surface area contributed by atoms with Crippen LogP contribution in [0.2, 0.25) is 0 Å². The zero-order valence-corrected chi connectivity index (χ0v) is 20.8. The molecule has 2 aromatic rings. The van der Waals surface area contributed by atoms with Crippen LogP contribution >= 0.6 is 24.0 Å². The number of guanidine groups is 1. The maximum Gasteiger partial charge on any atom is 0.253 e. The highest BCUT2D eigenvalue weighted by atomic mass is 127. The Kier molecular flexibility index (Phi) is 9.11. The van der Waals surface area contributed by atoms with E-state index in [1.807, 2.05) is 37.4 Å². The molecule has 1 unspecified atom stereocenters. The van der Waals surface area contributed by atoms with E-state index in [0.29, 0.717) is 13.2 Å². The predicted octanol–water partition coefficient (Wildman–Crippen LogP) is 4.29. The van der Waals surface area contributed by atoms with Crippen LogP contribution in [0, 0.1) is 0 Å². The molecule has 2 N–H and O–H groups in total. The lowest BCUT2D eigenvalue weighted by Crippen LogP contribution is -2.43. The van der Waals surface area contributed by atoms with E-state index in [9.17, 15) is 4.79 Å². The number of amides is 1. The molecular weight excluding hydrogens is 515 g/mol. The fraction of sp³-hybridized carbons (Fsp3) is 0.360. The molecule has 2 aromatic carbocycles. The molecule has 4 rings (SSSR count). The first kappa shape index (κ1) is 24.3. The van der Waals surface area contributed by atoms with Gasteiger partial charge in [-0.15, -0.1) is 24.0 Å². The minimum Gasteiger partial charge on any atom is -0.368 e. The summed E-state index contributed by atoms with van der Waals surface area (Å²) in [5.74, 6) is 0.824. The van der Waals surface area contributed by atoms with Gasteiger partial charge >= 0.3 is 0 Å². The number of ether oxygens (including phenoxy) is 1. The molecular formula is C25H31IN4O2. The lowest BCUT2D eigenvalue weighted by atomic mass is 10.00. The molecule has 0 aliphatic carbocycles. The van der Waals surface area contributed by atoms with Crippen LogP contribution in [0.3, 0.4) is 0 Å². The average molecular weight is 546 g/mol. The topological polar surface area (TPSA) is 66.0 Å². The maximum absolute atomic E-state index is 12.3. The SMILES string of the molecule is CN=C(NCc1cccc(NC(=O)C2CCCO2)c1)N1CC=C(c2ccccc2)CC1.I. The molecule has 6 nitrogen and oxygen atoms in total. The third kappa shape index (κ3) is 6.32. The number of anilines is 1. The summed E-state index contributed by atoms with van der Waals surface area (Å²) in [6.45, 7) is 3.07. The van der Waals surface area contributed by atoms with Gasteiger partial charge in [-0.1, -0.05) is 48.5 Å². The summed E-state index contributed by atoms with van der Waals surface area (Å²) in [5.41, 5.74) is 4.57. The van der Waals surface area contributed by atoms with Crippen molar-refractivity contribution in [1.29, 1.82) is 0 Å². The van der Waals surface area contributed by atoms with Crippen molar-refractivity contribution in [3.05, 3.63) is 71.8 Å². The Balaban J connectivity index is 0.00000289. The Bertz CT molecular complexity index is 955. The second-order valence-electron chi connectivity index (χ2n) is 7.88. The summed E-state index contributed by atoms with van der Waals surface area (Å²) >= 11 is 0. The van der Waals surface area contributed by atoms with E-state index in [0.717, 1.165) is 49.6 Å². The van der Waals surface area contributed by atoms with Crippen molar-refractivity contribution in [1.82, 2.24) is 10.2 Å². The van der Waals surface area contributed by atoms with E-state index in [1.54, 1.807) is 0 Å². The monoisotopic (exact) mass is 546 g/mol. The highest BCUT2D eigenvalue weighted by Gasteiger charge is 2.23. The summed E-state index contributed by atoms with van der Waals surface area (Å²) in [6.07, 6.45) is 4.69. The van der Waals surface area contributed by atoms with E-state index in [2.05, 4.69) is 50.9 Å². The number of aliphatic imine (C=N–C) groups is 1. The number of benzene rings is 2. The van der Waals surface area contributed by atoms with Gasteiger partial charge in [0.1, 0.15) is 6.10 Å². The molecule has 1 saturated heterocycles. The second kappa shape index (κ2) is 12.0. The first-order valence-corrected chi connectivity index (χ1v) is 10.9. The third-order valence-corrected chi connectivity index (χ3v) is 5.73. The molecule has 2 aliphatic rings. The van der Waals surface area contributed by atoms with E-state index in [1.165, 1.54) is 11.1 Å². The fourth-order valence-electron chi connectivity index (χ4n) is 4.06. The summed E-state index contributed by atoms with van der Waals surface area (Å²) in [5, 5.41) is 6.42. The van der Waals surface area contributed by atoms with Crippen LogP contribution in [0.15, 0.2) is 65.7 Å². The van der Waals surface area contributed by atoms with Gasteiger partial charge in [0.25, 0.3) is 5.91 Å². The largest absolute Gasteiger partial charge is 0.368 e. The van der Waals surface area contributed by atoms with Crippen molar-refractivity contribution < 1.29 is 9.53 Å². The van der Waals surface area contributed by atoms with Gasteiger partial charge in [0.05, 0.1) is 0 Å². The second-order valence-corrected chi connectivity index (χ2v) is 7.88. The quantitative estimate of drug-likeness (QED) is 0.334. The molecule has 0 bridgehead atoms. The average Bonchev–Trinajstić information content (AvgIpc) is 3.36. The number of nitrogens with one attached hydrogen (secondary N) is 2. The van der Waals surface area contributed by atoms with Crippen molar-refractivity contribution in [2.24, 2.45) is 4.99 Å². The van der Waals surface area contributed by atoms with E-state index in [4.69, 9.17) is 4.74 Å². The lowest BCUT2D eigenvalue weighted by Gasteiger charge is -2.30. The van der Waals surface area contributed by atoms with E-state index < -0.39 is 0 Å². The Morgan fingerprint density at radius 3 is 2.72 bits per heavy atom. The standard InChI is InChI=1S/C25H30N4O2.HI/c1-26-25(29-14-12-21(13-15-29)20-8-3-2-4-9-20)27-18-19-7-5-10-22(17-19)28-24(30)23-11-6-16-31-23;/h2-5,7-10,12,17,23H,6,11,13-16,18H2,1H3,(H,26,27)(H,28,30);1H. The lowest BCUT2D eigenvalue weighted by molar-refractivity contribution is -0.124. The zero-order valence-electron chi connectivity index (χ0n) is 18.4. The van der Waals surface area contributed by atoms with Crippen LogP contribution in [0.25, 0.3) is 5.57 Å². The van der Waals surface area contributed by atoms with Crippen LogP contribution in [0.5, 0.6) is 0 Å². The number of hydrogen-bond acceptors (Lipinski definition) is 3. The van der Waals surface area contributed by atoms with Crippen LogP contribution in [0.1, 0.15) is 30.4 Å². The van der Waals surface area contributed by atoms with E-state index in [-0.39, 0.29) is 36.0 Å². The first-order chi connectivity index (χ1) is 15.2. The molecule has 0 aromatic heterocycles.